The van der Waals surface area contributed by atoms with Crippen molar-refractivity contribution in [2.75, 3.05) is 0 Å². The zero-order chi connectivity index (χ0) is 19.2. The van der Waals surface area contributed by atoms with Crippen molar-refractivity contribution < 1.29 is 14.0 Å². The van der Waals surface area contributed by atoms with Crippen LogP contribution >= 0.6 is 0 Å². The van der Waals surface area contributed by atoms with E-state index in [-0.39, 0.29) is 23.6 Å². The van der Waals surface area contributed by atoms with E-state index in [2.05, 4.69) is 10.6 Å². The maximum Gasteiger partial charge on any atom is 0.268 e. The van der Waals surface area contributed by atoms with Crippen molar-refractivity contribution in [2.45, 2.75) is 52.0 Å². The van der Waals surface area contributed by atoms with Gasteiger partial charge in [-0.1, -0.05) is 25.3 Å². The average Bonchev–Trinajstić information content (AvgIpc) is 3.17. The lowest BCUT2D eigenvalue weighted by Crippen LogP contribution is -2.41. The topological polar surface area (TPSA) is 71.3 Å². The molecule has 5 heteroatoms. The van der Waals surface area contributed by atoms with Crippen LogP contribution in [0.1, 0.15) is 59.3 Å². The summed E-state index contributed by atoms with van der Waals surface area (Å²) in [5, 5.41) is 5.80. The van der Waals surface area contributed by atoms with E-state index in [1.807, 2.05) is 26.0 Å². The third-order valence-corrected chi connectivity index (χ3v) is 5.03. The van der Waals surface area contributed by atoms with Crippen molar-refractivity contribution in [3.8, 4) is 0 Å². The molecule has 0 radical (unpaired) electrons. The Labute approximate surface area is 159 Å². The number of hydrogen-bond acceptors (Lipinski definition) is 3. The molecule has 1 saturated carbocycles. The molecule has 3 rings (SSSR count). The lowest BCUT2D eigenvalue weighted by atomic mass is 9.95. The fraction of sp³-hybridized carbons (Fsp3) is 0.364. The second-order valence-corrected chi connectivity index (χ2v) is 7.13. The quantitative estimate of drug-likeness (QED) is 0.782. The molecule has 1 heterocycles. The SMILES string of the molecule is Cc1ccc(C(=O)N/C(=C/c2ccco2)C(=O)NC2CCCCC2)cc1C. The van der Waals surface area contributed by atoms with E-state index in [0.717, 1.165) is 36.8 Å². The average molecular weight is 366 g/mol. The molecule has 1 aromatic heterocycles. The van der Waals surface area contributed by atoms with Crippen LogP contribution in [-0.4, -0.2) is 17.9 Å². The van der Waals surface area contributed by atoms with E-state index in [0.29, 0.717) is 11.3 Å². The number of furan rings is 1. The van der Waals surface area contributed by atoms with Crippen molar-refractivity contribution in [1.82, 2.24) is 10.6 Å². The third kappa shape index (κ3) is 5.09. The van der Waals surface area contributed by atoms with Crippen LogP contribution in [0.15, 0.2) is 46.7 Å². The summed E-state index contributed by atoms with van der Waals surface area (Å²) in [6.45, 7) is 3.96. The van der Waals surface area contributed by atoms with E-state index in [1.54, 1.807) is 24.3 Å². The van der Waals surface area contributed by atoms with Crippen molar-refractivity contribution in [3.63, 3.8) is 0 Å². The Bertz CT molecular complexity index is 831. The molecule has 0 spiro atoms. The highest BCUT2D eigenvalue weighted by molar-refractivity contribution is 6.05. The molecule has 0 saturated heterocycles. The van der Waals surface area contributed by atoms with Gasteiger partial charge < -0.3 is 15.1 Å². The van der Waals surface area contributed by atoms with Crippen LogP contribution in [0.3, 0.4) is 0 Å². The monoisotopic (exact) mass is 366 g/mol. The normalized spacial score (nSPS) is 15.4. The van der Waals surface area contributed by atoms with Crippen LogP contribution < -0.4 is 10.6 Å². The summed E-state index contributed by atoms with van der Waals surface area (Å²) >= 11 is 0. The second kappa shape index (κ2) is 8.71. The summed E-state index contributed by atoms with van der Waals surface area (Å²) in [5.74, 6) is -0.0747. The van der Waals surface area contributed by atoms with Gasteiger partial charge in [0.1, 0.15) is 11.5 Å². The first-order chi connectivity index (χ1) is 13.0. The summed E-state index contributed by atoms with van der Waals surface area (Å²) in [5.41, 5.74) is 2.87. The molecule has 5 nitrogen and oxygen atoms in total. The molecule has 2 aromatic rings. The van der Waals surface area contributed by atoms with E-state index >= 15 is 0 Å². The van der Waals surface area contributed by atoms with Crippen LogP contribution in [0, 0.1) is 13.8 Å². The molecule has 0 aliphatic heterocycles. The van der Waals surface area contributed by atoms with Crippen molar-refractivity contribution in [2.24, 2.45) is 0 Å². The zero-order valence-electron chi connectivity index (χ0n) is 15.9. The molecule has 2 N–H and O–H groups in total. The van der Waals surface area contributed by atoms with Crippen LogP contribution in [0.25, 0.3) is 6.08 Å². The first kappa shape index (κ1) is 19.0. The summed E-state index contributed by atoms with van der Waals surface area (Å²) in [6, 6.07) is 9.14. The third-order valence-electron chi connectivity index (χ3n) is 5.03. The van der Waals surface area contributed by atoms with Gasteiger partial charge in [-0.2, -0.15) is 0 Å². The van der Waals surface area contributed by atoms with E-state index in [4.69, 9.17) is 4.42 Å². The minimum Gasteiger partial charge on any atom is -0.465 e. The zero-order valence-corrected chi connectivity index (χ0v) is 15.9. The van der Waals surface area contributed by atoms with Gasteiger partial charge in [0, 0.05) is 17.7 Å². The standard InChI is InChI=1S/C22H26N2O3/c1-15-10-11-17(13-16(15)2)21(25)24-20(14-19-9-6-12-27-19)22(26)23-18-7-4-3-5-8-18/h6,9-14,18H,3-5,7-8H2,1-2H3,(H,23,26)(H,24,25)/b20-14+. The van der Waals surface area contributed by atoms with Gasteiger partial charge in [0.15, 0.2) is 0 Å². The molecule has 2 amide bonds. The van der Waals surface area contributed by atoms with E-state index in [1.165, 1.54) is 12.7 Å². The van der Waals surface area contributed by atoms with Gasteiger partial charge in [-0.05, 0) is 62.1 Å². The number of benzene rings is 1. The Morgan fingerprint density at radius 2 is 1.85 bits per heavy atom. The van der Waals surface area contributed by atoms with Crippen molar-refractivity contribution in [3.05, 3.63) is 64.7 Å². The Balaban J connectivity index is 1.78. The smallest absolute Gasteiger partial charge is 0.268 e. The Kier molecular flexibility index (Phi) is 6.12. The highest BCUT2D eigenvalue weighted by atomic mass is 16.3. The largest absolute Gasteiger partial charge is 0.465 e. The first-order valence-electron chi connectivity index (χ1n) is 9.47. The van der Waals surface area contributed by atoms with Crippen LogP contribution in [0.2, 0.25) is 0 Å². The number of nitrogens with one attached hydrogen (secondary N) is 2. The van der Waals surface area contributed by atoms with Gasteiger partial charge in [-0.3, -0.25) is 9.59 Å². The second-order valence-electron chi connectivity index (χ2n) is 7.13. The van der Waals surface area contributed by atoms with E-state index in [9.17, 15) is 9.59 Å². The molecular formula is C22H26N2O3. The van der Waals surface area contributed by atoms with Gasteiger partial charge >= 0.3 is 0 Å². The highest BCUT2D eigenvalue weighted by Crippen LogP contribution is 2.18. The fourth-order valence-corrected chi connectivity index (χ4v) is 3.26. The molecule has 27 heavy (non-hydrogen) atoms. The van der Waals surface area contributed by atoms with E-state index < -0.39 is 0 Å². The number of carbonyl (C=O) groups is 2. The number of carbonyl (C=O) groups excluding carboxylic acids is 2. The fourth-order valence-electron chi connectivity index (χ4n) is 3.26. The van der Waals surface area contributed by atoms with Gasteiger partial charge in [0.2, 0.25) is 0 Å². The number of aryl methyl sites for hydroxylation is 2. The number of hydrogen-bond donors (Lipinski definition) is 2. The molecule has 142 valence electrons. The Morgan fingerprint density at radius 3 is 2.52 bits per heavy atom. The Hall–Kier alpha value is -2.82. The van der Waals surface area contributed by atoms with Gasteiger partial charge in [0.05, 0.1) is 6.26 Å². The summed E-state index contributed by atoms with van der Waals surface area (Å²) in [4.78, 5) is 25.5. The molecule has 1 aliphatic carbocycles. The Morgan fingerprint density at radius 1 is 1.07 bits per heavy atom. The van der Waals surface area contributed by atoms with Crippen LogP contribution in [0.4, 0.5) is 0 Å². The van der Waals surface area contributed by atoms with Crippen LogP contribution in [-0.2, 0) is 4.79 Å². The van der Waals surface area contributed by atoms with Gasteiger partial charge in [-0.15, -0.1) is 0 Å². The van der Waals surface area contributed by atoms with Gasteiger partial charge in [-0.25, -0.2) is 0 Å². The number of rotatable bonds is 5. The molecule has 0 atom stereocenters. The predicted molar refractivity (Wildman–Crippen MR) is 105 cm³/mol. The predicted octanol–water partition coefficient (Wildman–Crippen LogP) is 4.12. The molecule has 0 bridgehead atoms. The first-order valence-corrected chi connectivity index (χ1v) is 9.47. The van der Waals surface area contributed by atoms with Crippen LogP contribution in [0.5, 0.6) is 0 Å². The summed E-state index contributed by atoms with van der Waals surface area (Å²) in [6.07, 6.45) is 8.51. The highest BCUT2D eigenvalue weighted by Gasteiger charge is 2.20. The minimum absolute atomic E-state index is 0.157. The molecule has 1 fully saturated rings. The maximum atomic E-state index is 12.8. The minimum atomic E-state index is -0.310. The van der Waals surface area contributed by atoms with Crippen molar-refractivity contribution in [1.29, 1.82) is 0 Å². The maximum absolute atomic E-state index is 12.8. The summed E-state index contributed by atoms with van der Waals surface area (Å²) in [7, 11) is 0. The van der Waals surface area contributed by atoms with Gasteiger partial charge in [0.25, 0.3) is 11.8 Å². The molecule has 1 aromatic carbocycles. The lowest BCUT2D eigenvalue weighted by Gasteiger charge is -2.23. The number of amides is 2. The molecule has 0 unspecified atom stereocenters. The summed E-state index contributed by atoms with van der Waals surface area (Å²) < 4.78 is 5.32. The molecule has 1 aliphatic rings. The lowest BCUT2D eigenvalue weighted by molar-refractivity contribution is -0.118. The van der Waals surface area contributed by atoms with Crippen molar-refractivity contribution >= 4 is 17.9 Å². The molecular weight excluding hydrogens is 340 g/mol.